The van der Waals surface area contributed by atoms with E-state index in [-0.39, 0.29) is 5.79 Å². The van der Waals surface area contributed by atoms with Crippen LogP contribution in [0.2, 0.25) is 0 Å². The average Bonchev–Trinajstić information content (AvgIpc) is 2.27. The molecule has 0 spiro atoms. The van der Waals surface area contributed by atoms with E-state index >= 15 is 0 Å². The van der Waals surface area contributed by atoms with Gasteiger partial charge in [-0.25, -0.2) is 0 Å². The topological polar surface area (TPSA) is 18.5 Å². The van der Waals surface area contributed by atoms with Crippen molar-refractivity contribution in [2.45, 2.75) is 77.4 Å². The maximum Gasteiger partial charge on any atom is 0.168 e. The van der Waals surface area contributed by atoms with Crippen molar-refractivity contribution in [1.82, 2.24) is 0 Å². The van der Waals surface area contributed by atoms with E-state index < -0.39 is 0 Å². The zero-order valence-electron chi connectivity index (χ0n) is 11.1. The first-order valence-electron chi connectivity index (χ1n) is 7.11. The average molecular weight is 228 g/mol. The molecule has 1 aliphatic rings. The minimum Gasteiger partial charge on any atom is -0.350 e. The normalized spacial score (nSPS) is 21.4. The van der Waals surface area contributed by atoms with E-state index in [9.17, 15) is 0 Å². The highest BCUT2D eigenvalue weighted by atomic mass is 16.7. The fraction of sp³-hybridized carbons (Fsp3) is 1.00. The van der Waals surface area contributed by atoms with Crippen molar-refractivity contribution in [2.75, 3.05) is 13.2 Å². The maximum atomic E-state index is 6.04. The molecule has 0 aromatic rings. The molecule has 2 nitrogen and oxygen atoms in total. The lowest BCUT2D eigenvalue weighted by molar-refractivity contribution is -0.247. The summed E-state index contributed by atoms with van der Waals surface area (Å²) in [5, 5.41) is 0. The van der Waals surface area contributed by atoms with Crippen molar-refractivity contribution in [2.24, 2.45) is 0 Å². The Kier molecular flexibility index (Phi) is 7.06. The van der Waals surface area contributed by atoms with Gasteiger partial charge in [0.1, 0.15) is 0 Å². The van der Waals surface area contributed by atoms with Crippen LogP contribution in [-0.2, 0) is 9.47 Å². The molecule has 0 aliphatic heterocycles. The highest BCUT2D eigenvalue weighted by molar-refractivity contribution is 4.73. The summed E-state index contributed by atoms with van der Waals surface area (Å²) >= 11 is 0. The lowest BCUT2D eigenvalue weighted by Gasteiger charge is -2.35. The first-order valence-corrected chi connectivity index (χ1v) is 7.11. The van der Waals surface area contributed by atoms with Crippen LogP contribution in [0.1, 0.15) is 71.6 Å². The van der Waals surface area contributed by atoms with Gasteiger partial charge < -0.3 is 9.47 Å². The summed E-state index contributed by atoms with van der Waals surface area (Å²) in [6.07, 6.45) is 10.9. The van der Waals surface area contributed by atoms with E-state index in [1.165, 1.54) is 32.1 Å². The van der Waals surface area contributed by atoms with E-state index in [0.717, 1.165) is 38.9 Å². The van der Waals surface area contributed by atoms with Gasteiger partial charge in [0.05, 0.1) is 0 Å². The first kappa shape index (κ1) is 14.0. The number of ether oxygens (including phenoxy) is 2. The smallest absolute Gasteiger partial charge is 0.168 e. The predicted molar refractivity (Wildman–Crippen MR) is 67.5 cm³/mol. The summed E-state index contributed by atoms with van der Waals surface area (Å²) in [6, 6.07) is 0. The molecule has 1 saturated carbocycles. The fourth-order valence-electron chi connectivity index (χ4n) is 2.35. The van der Waals surface area contributed by atoms with E-state index in [2.05, 4.69) is 13.8 Å². The van der Waals surface area contributed by atoms with Gasteiger partial charge in [-0.3, -0.25) is 0 Å². The van der Waals surface area contributed by atoms with Crippen LogP contribution in [0.4, 0.5) is 0 Å². The molecule has 0 bridgehead atoms. The molecule has 0 unspecified atom stereocenters. The second-order valence-corrected chi connectivity index (χ2v) is 4.88. The summed E-state index contributed by atoms with van der Waals surface area (Å²) < 4.78 is 12.1. The van der Waals surface area contributed by atoms with Crippen LogP contribution in [-0.4, -0.2) is 19.0 Å². The summed E-state index contributed by atoms with van der Waals surface area (Å²) in [4.78, 5) is 0. The Morgan fingerprint density at radius 2 is 1.19 bits per heavy atom. The van der Waals surface area contributed by atoms with Crippen LogP contribution < -0.4 is 0 Å². The van der Waals surface area contributed by atoms with Gasteiger partial charge in [-0.1, -0.05) is 33.1 Å². The van der Waals surface area contributed by atoms with Crippen LogP contribution in [0.25, 0.3) is 0 Å². The molecule has 0 aromatic carbocycles. The van der Waals surface area contributed by atoms with Crippen LogP contribution in [0.15, 0.2) is 0 Å². The number of hydrogen-bond donors (Lipinski definition) is 0. The lowest BCUT2D eigenvalue weighted by Crippen LogP contribution is -2.37. The SMILES string of the molecule is CCCOC1(OCCC)CCCCCCC1. The Morgan fingerprint density at radius 1 is 0.750 bits per heavy atom. The number of rotatable bonds is 6. The highest BCUT2D eigenvalue weighted by Crippen LogP contribution is 2.31. The van der Waals surface area contributed by atoms with Gasteiger partial charge in [0.2, 0.25) is 0 Å². The van der Waals surface area contributed by atoms with E-state index in [4.69, 9.17) is 9.47 Å². The van der Waals surface area contributed by atoms with Gasteiger partial charge in [0.15, 0.2) is 5.79 Å². The van der Waals surface area contributed by atoms with E-state index in [1.807, 2.05) is 0 Å². The number of hydrogen-bond acceptors (Lipinski definition) is 2. The maximum absolute atomic E-state index is 6.04. The zero-order valence-corrected chi connectivity index (χ0v) is 11.1. The molecular weight excluding hydrogens is 200 g/mol. The van der Waals surface area contributed by atoms with Crippen molar-refractivity contribution in [3.05, 3.63) is 0 Å². The van der Waals surface area contributed by atoms with Crippen molar-refractivity contribution in [1.29, 1.82) is 0 Å². The summed E-state index contributed by atoms with van der Waals surface area (Å²) in [7, 11) is 0. The van der Waals surface area contributed by atoms with Crippen molar-refractivity contribution >= 4 is 0 Å². The van der Waals surface area contributed by atoms with Gasteiger partial charge in [-0.05, 0) is 25.7 Å². The van der Waals surface area contributed by atoms with Crippen LogP contribution in [0.3, 0.4) is 0 Å². The van der Waals surface area contributed by atoms with Crippen molar-refractivity contribution < 1.29 is 9.47 Å². The standard InChI is InChI=1S/C14H28O2/c1-3-12-15-14(16-13-4-2)10-8-6-5-7-9-11-14/h3-13H2,1-2H3. The monoisotopic (exact) mass is 228 g/mol. The van der Waals surface area contributed by atoms with Crippen molar-refractivity contribution in [3.8, 4) is 0 Å². The second-order valence-electron chi connectivity index (χ2n) is 4.88. The van der Waals surface area contributed by atoms with Gasteiger partial charge in [0, 0.05) is 26.1 Å². The molecular formula is C14H28O2. The molecule has 0 aromatic heterocycles. The fourth-order valence-corrected chi connectivity index (χ4v) is 2.35. The van der Waals surface area contributed by atoms with Gasteiger partial charge in [-0.2, -0.15) is 0 Å². The Hall–Kier alpha value is -0.0800. The molecule has 1 fully saturated rings. The second kappa shape index (κ2) is 8.08. The van der Waals surface area contributed by atoms with Gasteiger partial charge in [0.25, 0.3) is 0 Å². The largest absolute Gasteiger partial charge is 0.350 e. The molecule has 0 atom stereocenters. The predicted octanol–water partition coefficient (Wildman–Crippen LogP) is 4.28. The van der Waals surface area contributed by atoms with Gasteiger partial charge in [-0.15, -0.1) is 0 Å². The van der Waals surface area contributed by atoms with E-state index in [0.29, 0.717) is 0 Å². The Labute approximate surface area is 101 Å². The van der Waals surface area contributed by atoms with Crippen LogP contribution >= 0.6 is 0 Å². The summed E-state index contributed by atoms with van der Waals surface area (Å²) in [6.45, 7) is 6.00. The highest BCUT2D eigenvalue weighted by Gasteiger charge is 2.31. The third-order valence-corrected chi connectivity index (χ3v) is 3.25. The third-order valence-electron chi connectivity index (χ3n) is 3.25. The molecule has 0 amide bonds. The van der Waals surface area contributed by atoms with Crippen LogP contribution in [0, 0.1) is 0 Å². The molecule has 1 aliphatic carbocycles. The van der Waals surface area contributed by atoms with Crippen LogP contribution in [0.5, 0.6) is 0 Å². The Bertz CT molecular complexity index is 143. The minimum absolute atomic E-state index is 0.244. The molecule has 0 saturated heterocycles. The lowest BCUT2D eigenvalue weighted by atomic mass is 9.95. The molecule has 2 heteroatoms. The third kappa shape index (κ3) is 4.84. The molecule has 1 rings (SSSR count). The molecule has 0 N–H and O–H groups in total. The van der Waals surface area contributed by atoms with Gasteiger partial charge >= 0.3 is 0 Å². The zero-order chi connectivity index (χ0) is 11.7. The van der Waals surface area contributed by atoms with E-state index in [1.54, 1.807) is 0 Å². The Morgan fingerprint density at radius 3 is 1.62 bits per heavy atom. The summed E-state index contributed by atoms with van der Waals surface area (Å²) in [5.41, 5.74) is 0. The minimum atomic E-state index is -0.244. The molecule has 0 heterocycles. The first-order chi connectivity index (χ1) is 7.83. The Balaban J connectivity index is 2.49. The quantitative estimate of drug-likeness (QED) is 0.632. The van der Waals surface area contributed by atoms with Crippen molar-refractivity contribution in [3.63, 3.8) is 0 Å². The molecule has 0 radical (unpaired) electrons. The molecule has 96 valence electrons. The molecule has 16 heavy (non-hydrogen) atoms. The summed E-state index contributed by atoms with van der Waals surface area (Å²) in [5.74, 6) is -0.244.